The standard InChI is InChI=1S/C12H20N2O/c1-3-11-9(2)15-12(14-11)8-10-6-4-5-7-13-10/h10,13H,3-8H2,1-2H3. The molecule has 0 radical (unpaired) electrons. The monoisotopic (exact) mass is 208 g/mol. The van der Waals surface area contributed by atoms with Gasteiger partial charge in [-0.3, -0.25) is 0 Å². The smallest absolute Gasteiger partial charge is 0.196 e. The van der Waals surface area contributed by atoms with Gasteiger partial charge >= 0.3 is 0 Å². The fourth-order valence-corrected chi connectivity index (χ4v) is 2.21. The molecule has 0 bridgehead atoms. The SMILES string of the molecule is CCc1nc(CC2CCCCN2)oc1C. The van der Waals surface area contributed by atoms with Crippen LogP contribution in [0.1, 0.15) is 43.5 Å². The van der Waals surface area contributed by atoms with Gasteiger partial charge in [-0.05, 0) is 32.7 Å². The summed E-state index contributed by atoms with van der Waals surface area (Å²) in [5, 5.41) is 3.51. The van der Waals surface area contributed by atoms with Crippen LogP contribution < -0.4 is 5.32 Å². The molecule has 1 atom stereocenters. The molecule has 1 aliphatic rings. The van der Waals surface area contributed by atoms with E-state index in [1.165, 1.54) is 19.3 Å². The van der Waals surface area contributed by atoms with Gasteiger partial charge in [-0.2, -0.15) is 0 Å². The van der Waals surface area contributed by atoms with Crippen molar-refractivity contribution in [1.29, 1.82) is 0 Å². The Morgan fingerprint density at radius 1 is 1.47 bits per heavy atom. The van der Waals surface area contributed by atoms with E-state index in [4.69, 9.17) is 4.42 Å². The number of hydrogen-bond donors (Lipinski definition) is 1. The molecule has 1 aliphatic heterocycles. The molecule has 1 unspecified atom stereocenters. The molecule has 15 heavy (non-hydrogen) atoms. The third kappa shape index (κ3) is 2.59. The molecular formula is C12H20N2O. The van der Waals surface area contributed by atoms with Gasteiger partial charge in [0.25, 0.3) is 0 Å². The zero-order chi connectivity index (χ0) is 10.7. The van der Waals surface area contributed by atoms with Crippen LogP contribution in [0.5, 0.6) is 0 Å². The summed E-state index contributed by atoms with van der Waals surface area (Å²) in [6, 6.07) is 0.571. The minimum atomic E-state index is 0.571. The van der Waals surface area contributed by atoms with Gasteiger partial charge in [0.05, 0.1) is 5.69 Å². The highest BCUT2D eigenvalue weighted by atomic mass is 16.4. The first-order valence-electron chi connectivity index (χ1n) is 5.98. The summed E-state index contributed by atoms with van der Waals surface area (Å²) in [5.74, 6) is 1.90. The van der Waals surface area contributed by atoms with Crippen LogP contribution in [-0.4, -0.2) is 17.6 Å². The predicted octanol–water partition coefficient (Wildman–Crippen LogP) is 2.23. The first-order chi connectivity index (χ1) is 7.29. The summed E-state index contributed by atoms with van der Waals surface area (Å²) in [5.41, 5.74) is 1.11. The molecule has 0 saturated carbocycles. The maximum absolute atomic E-state index is 5.66. The van der Waals surface area contributed by atoms with Crippen molar-refractivity contribution in [2.75, 3.05) is 6.54 Å². The van der Waals surface area contributed by atoms with Crippen molar-refractivity contribution >= 4 is 0 Å². The van der Waals surface area contributed by atoms with Crippen molar-refractivity contribution in [3.8, 4) is 0 Å². The Morgan fingerprint density at radius 3 is 2.93 bits per heavy atom. The van der Waals surface area contributed by atoms with Crippen molar-refractivity contribution in [2.24, 2.45) is 0 Å². The van der Waals surface area contributed by atoms with Crippen molar-refractivity contribution in [3.63, 3.8) is 0 Å². The molecule has 3 heteroatoms. The molecule has 0 aromatic carbocycles. The fraction of sp³-hybridized carbons (Fsp3) is 0.750. The van der Waals surface area contributed by atoms with Crippen LogP contribution in [0.3, 0.4) is 0 Å². The normalized spacial score (nSPS) is 21.9. The molecule has 1 aromatic heterocycles. The third-order valence-electron chi connectivity index (χ3n) is 3.11. The molecule has 0 amide bonds. The molecule has 0 spiro atoms. The molecule has 2 heterocycles. The molecule has 3 nitrogen and oxygen atoms in total. The number of oxazole rings is 1. The number of nitrogens with one attached hydrogen (secondary N) is 1. The second-order valence-corrected chi connectivity index (χ2v) is 4.31. The maximum atomic E-state index is 5.66. The van der Waals surface area contributed by atoms with Gasteiger partial charge in [0.15, 0.2) is 5.89 Å². The van der Waals surface area contributed by atoms with Gasteiger partial charge in [0, 0.05) is 12.5 Å². The number of hydrogen-bond acceptors (Lipinski definition) is 3. The highest BCUT2D eigenvalue weighted by molar-refractivity contribution is 5.08. The Balaban J connectivity index is 1.97. The van der Waals surface area contributed by atoms with Gasteiger partial charge in [-0.15, -0.1) is 0 Å². The van der Waals surface area contributed by atoms with E-state index >= 15 is 0 Å². The van der Waals surface area contributed by atoms with E-state index in [-0.39, 0.29) is 0 Å². The predicted molar refractivity (Wildman–Crippen MR) is 60.0 cm³/mol. The lowest BCUT2D eigenvalue weighted by Gasteiger charge is -2.21. The second-order valence-electron chi connectivity index (χ2n) is 4.31. The second kappa shape index (κ2) is 4.79. The van der Waals surface area contributed by atoms with Crippen LogP contribution in [0.2, 0.25) is 0 Å². The third-order valence-corrected chi connectivity index (χ3v) is 3.11. The highest BCUT2D eigenvalue weighted by Gasteiger charge is 2.16. The summed E-state index contributed by atoms with van der Waals surface area (Å²) in [6.45, 7) is 5.27. The van der Waals surface area contributed by atoms with Crippen LogP contribution in [0.15, 0.2) is 4.42 Å². The summed E-state index contributed by atoms with van der Waals surface area (Å²) in [4.78, 5) is 4.52. The van der Waals surface area contributed by atoms with Crippen molar-refractivity contribution < 1.29 is 4.42 Å². The maximum Gasteiger partial charge on any atom is 0.196 e. The van der Waals surface area contributed by atoms with Gasteiger partial charge < -0.3 is 9.73 Å². The van der Waals surface area contributed by atoms with E-state index in [1.54, 1.807) is 0 Å². The van der Waals surface area contributed by atoms with Gasteiger partial charge in [0.2, 0.25) is 0 Å². The molecule has 0 aliphatic carbocycles. The Labute approximate surface area is 91.3 Å². The fourth-order valence-electron chi connectivity index (χ4n) is 2.21. The van der Waals surface area contributed by atoms with E-state index < -0.39 is 0 Å². The van der Waals surface area contributed by atoms with Crippen molar-refractivity contribution in [1.82, 2.24) is 10.3 Å². The average molecular weight is 208 g/mol. The number of piperidine rings is 1. The molecule has 1 aromatic rings. The van der Waals surface area contributed by atoms with Gasteiger partial charge in [-0.25, -0.2) is 4.98 Å². The number of rotatable bonds is 3. The minimum Gasteiger partial charge on any atom is -0.446 e. The zero-order valence-electron chi connectivity index (χ0n) is 9.68. The summed E-state index contributed by atoms with van der Waals surface area (Å²) in [7, 11) is 0. The lowest BCUT2D eigenvalue weighted by atomic mass is 10.0. The Bertz CT molecular complexity index is 313. The Kier molecular flexibility index (Phi) is 3.41. The van der Waals surface area contributed by atoms with E-state index in [0.717, 1.165) is 36.7 Å². The Hall–Kier alpha value is -0.830. The van der Waals surface area contributed by atoms with E-state index in [0.29, 0.717) is 6.04 Å². The quantitative estimate of drug-likeness (QED) is 0.827. The van der Waals surface area contributed by atoms with Crippen LogP contribution in [0.4, 0.5) is 0 Å². The summed E-state index contributed by atoms with van der Waals surface area (Å²) in [6.07, 6.45) is 5.80. The van der Waals surface area contributed by atoms with Crippen molar-refractivity contribution in [3.05, 3.63) is 17.3 Å². The molecule has 1 N–H and O–H groups in total. The first kappa shape index (κ1) is 10.7. The minimum absolute atomic E-state index is 0.571. The lowest BCUT2D eigenvalue weighted by Crippen LogP contribution is -2.35. The lowest BCUT2D eigenvalue weighted by molar-refractivity contribution is 0.363. The van der Waals surface area contributed by atoms with Crippen LogP contribution >= 0.6 is 0 Å². The number of nitrogens with zero attached hydrogens (tertiary/aromatic N) is 1. The van der Waals surface area contributed by atoms with E-state index in [1.807, 2.05) is 6.92 Å². The largest absolute Gasteiger partial charge is 0.446 e. The molecule has 2 rings (SSSR count). The Morgan fingerprint density at radius 2 is 2.33 bits per heavy atom. The molecular weight excluding hydrogens is 188 g/mol. The van der Waals surface area contributed by atoms with E-state index in [9.17, 15) is 0 Å². The van der Waals surface area contributed by atoms with Gasteiger partial charge in [-0.1, -0.05) is 13.3 Å². The highest BCUT2D eigenvalue weighted by Crippen LogP contribution is 2.15. The molecule has 1 fully saturated rings. The number of aryl methyl sites for hydroxylation is 2. The molecule has 84 valence electrons. The first-order valence-corrected chi connectivity index (χ1v) is 5.98. The zero-order valence-corrected chi connectivity index (χ0v) is 9.68. The van der Waals surface area contributed by atoms with Gasteiger partial charge in [0.1, 0.15) is 5.76 Å². The topological polar surface area (TPSA) is 38.1 Å². The number of aromatic nitrogens is 1. The van der Waals surface area contributed by atoms with Crippen LogP contribution in [0.25, 0.3) is 0 Å². The van der Waals surface area contributed by atoms with Crippen LogP contribution in [-0.2, 0) is 12.8 Å². The summed E-state index contributed by atoms with van der Waals surface area (Å²) < 4.78 is 5.66. The molecule has 1 saturated heterocycles. The van der Waals surface area contributed by atoms with Crippen LogP contribution in [0, 0.1) is 6.92 Å². The average Bonchev–Trinajstić information content (AvgIpc) is 2.60. The van der Waals surface area contributed by atoms with Crippen molar-refractivity contribution in [2.45, 2.75) is 52.0 Å². The summed E-state index contributed by atoms with van der Waals surface area (Å²) >= 11 is 0. The van der Waals surface area contributed by atoms with E-state index in [2.05, 4.69) is 17.2 Å².